The summed E-state index contributed by atoms with van der Waals surface area (Å²) in [5.41, 5.74) is 3.57. The number of fused-ring (bicyclic) bond motifs is 1. The maximum Gasteiger partial charge on any atom is 0.152 e. The van der Waals surface area contributed by atoms with Crippen molar-refractivity contribution in [1.29, 1.82) is 0 Å². The van der Waals surface area contributed by atoms with Crippen molar-refractivity contribution in [3.63, 3.8) is 0 Å². The molecule has 0 amide bonds. The van der Waals surface area contributed by atoms with Gasteiger partial charge < -0.3 is 15.0 Å². The van der Waals surface area contributed by atoms with Crippen molar-refractivity contribution in [1.82, 2.24) is 14.9 Å². The summed E-state index contributed by atoms with van der Waals surface area (Å²) in [5.74, 6) is -0.251. The van der Waals surface area contributed by atoms with E-state index in [0.717, 1.165) is 36.1 Å². The maximum atomic E-state index is 13.8. The average Bonchev–Trinajstić information content (AvgIpc) is 2.84. The molecule has 1 N–H and O–H groups in total. The van der Waals surface area contributed by atoms with Crippen molar-refractivity contribution in [3.05, 3.63) is 59.3 Å². The van der Waals surface area contributed by atoms with Crippen LogP contribution < -0.4 is 10.2 Å². The lowest BCUT2D eigenvalue weighted by Gasteiger charge is -2.28. The predicted molar refractivity (Wildman–Crippen MR) is 135 cm³/mol. The molecule has 0 saturated carbocycles. The smallest absolute Gasteiger partial charge is 0.152 e. The van der Waals surface area contributed by atoms with Crippen molar-refractivity contribution in [2.75, 3.05) is 61.1 Å². The van der Waals surface area contributed by atoms with Crippen LogP contribution in [0.25, 0.3) is 11.0 Å². The second-order valence-corrected chi connectivity index (χ2v) is 11.6. The van der Waals surface area contributed by atoms with Crippen molar-refractivity contribution >= 4 is 32.4 Å². The number of nitrogens with zero attached hydrogens (tertiary/aromatic N) is 4. The van der Waals surface area contributed by atoms with Gasteiger partial charge in [-0.25, -0.2) is 22.2 Å². The molecule has 2 fully saturated rings. The number of morpholine rings is 1. The summed E-state index contributed by atoms with van der Waals surface area (Å²) < 4.78 is 56.7. The molecule has 8 nitrogen and oxygen atoms in total. The first-order valence-electron chi connectivity index (χ1n) is 12.0. The molecule has 0 aliphatic carbocycles. The maximum absolute atomic E-state index is 13.8. The van der Waals surface area contributed by atoms with Crippen LogP contribution in [0.2, 0.25) is 0 Å². The monoisotopic (exact) mass is 517 g/mol. The Morgan fingerprint density at radius 2 is 1.72 bits per heavy atom. The second kappa shape index (κ2) is 10.2. The van der Waals surface area contributed by atoms with Crippen molar-refractivity contribution in [2.24, 2.45) is 0 Å². The zero-order chi connectivity index (χ0) is 25.3. The zero-order valence-electron chi connectivity index (χ0n) is 20.1. The van der Waals surface area contributed by atoms with Gasteiger partial charge >= 0.3 is 0 Å². The van der Waals surface area contributed by atoms with Crippen molar-refractivity contribution in [2.45, 2.75) is 19.5 Å². The lowest BCUT2D eigenvalue weighted by molar-refractivity contribution is 0.122. The van der Waals surface area contributed by atoms with E-state index in [1.54, 1.807) is 6.20 Å². The average molecular weight is 518 g/mol. The number of halogens is 2. The lowest BCUT2D eigenvalue weighted by atomic mass is 10.0. The highest BCUT2D eigenvalue weighted by molar-refractivity contribution is 7.91. The predicted octanol–water partition coefficient (Wildman–Crippen LogP) is 3.15. The summed E-state index contributed by atoms with van der Waals surface area (Å²) in [6.45, 7) is 6.15. The number of sulfone groups is 1. The van der Waals surface area contributed by atoms with Gasteiger partial charge in [-0.2, -0.15) is 0 Å². The Balaban J connectivity index is 1.49. The first kappa shape index (κ1) is 24.8. The number of hydrogen-bond acceptors (Lipinski definition) is 8. The van der Waals surface area contributed by atoms with Crippen LogP contribution in [0.4, 0.5) is 20.3 Å². The van der Waals surface area contributed by atoms with Gasteiger partial charge in [-0.05, 0) is 30.7 Å². The number of aromatic nitrogens is 2. The molecule has 5 rings (SSSR count). The van der Waals surface area contributed by atoms with E-state index in [0.29, 0.717) is 49.6 Å². The molecular weight excluding hydrogens is 488 g/mol. The number of benzene rings is 2. The molecule has 0 spiro atoms. The summed E-state index contributed by atoms with van der Waals surface area (Å²) in [4.78, 5) is 13.9. The Morgan fingerprint density at radius 3 is 2.42 bits per heavy atom. The van der Waals surface area contributed by atoms with Gasteiger partial charge in [0.15, 0.2) is 9.84 Å². The topological polar surface area (TPSA) is 87.7 Å². The minimum Gasteiger partial charge on any atom is -0.378 e. The molecule has 2 aromatic carbocycles. The highest BCUT2D eigenvalue weighted by Gasteiger charge is 2.23. The molecule has 1 atom stereocenters. The number of hydrogen-bond donors (Lipinski definition) is 1. The molecule has 0 radical (unpaired) electrons. The van der Waals surface area contributed by atoms with E-state index in [1.165, 1.54) is 12.1 Å². The van der Waals surface area contributed by atoms with Crippen LogP contribution >= 0.6 is 0 Å². The third-order valence-corrected chi connectivity index (χ3v) is 8.22. The molecule has 2 aliphatic rings. The van der Waals surface area contributed by atoms with Gasteiger partial charge in [0.2, 0.25) is 0 Å². The molecule has 36 heavy (non-hydrogen) atoms. The number of ether oxygens (including phenoxy) is 1. The third kappa shape index (κ3) is 5.74. The fraction of sp³-hybridized carbons (Fsp3) is 0.440. The second-order valence-electron chi connectivity index (χ2n) is 9.33. The summed E-state index contributed by atoms with van der Waals surface area (Å²) >= 11 is 0. The van der Waals surface area contributed by atoms with Gasteiger partial charge in [-0.1, -0.05) is 6.07 Å². The summed E-state index contributed by atoms with van der Waals surface area (Å²) in [5, 5.41) is 3.20. The fourth-order valence-electron chi connectivity index (χ4n) is 4.69. The van der Waals surface area contributed by atoms with Gasteiger partial charge in [0, 0.05) is 50.0 Å². The Morgan fingerprint density at radius 1 is 1.03 bits per heavy atom. The quantitative estimate of drug-likeness (QED) is 0.534. The molecule has 3 heterocycles. The largest absolute Gasteiger partial charge is 0.378 e. The highest BCUT2D eigenvalue weighted by Crippen LogP contribution is 2.29. The Labute approximate surface area is 209 Å². The van der Waals surface area contributed by atoms with E-state index < -0.39 is 21.5 Å². The molecule has 11 heteroatoms. The van der Waals surface area contributed by atoms with Gasteiger partial charge in [0.25, 0.3) is 0 Å². The molecule has 2 aliphatic heterocycles. The Hall–Kier alpha value is -2.89. The van der Waals surface area contributed by atoms with Crippen LogP contribution in [0.3, 0.4) is 0 Å². The Kier molecular flexibility index (Phi) is 7.05. The highest BCUT2D eigenvalue weighted by atomic mass is 32.2. The summed E-state index contributed by atoms with van der Waals surface area (Å²) in [7, 11) is -2.97. The van der Waals surface area contributed by atoms with Gasteiger partial charge in [0.1, 0.15) is 17.5 Å². The SMILES string of the molecule is CC(Nc1cc(F)cc(F)c1)c1cc(CN2CCS(=O)(=O)CC2)cc2ncc(N3CCOCC3)nc12. The van der Waals surface area contributed by atoms with E-state index in [4.69, 9.17) is 14.7 Å². The van der Waals surface area contributed by atoms with Gasteiger partial charge in [-0.3, -0.25) is 9.88 Å². The zero-order valence-corrected chi connectivity index (χ0v) is 20.9. The first-order chi connectivity index (χ1) is 17.3. The van der Waals surface area contributed by atoms with Crippen LogP contribution in [0.5, 0.6) is 0 Å². The Bertz CT molecular complexity index is 1330. The fourth-order valence-corrected chi connectivity index (χ4v) is 5.97. The van der Waals surface area contributed by atoms with E-state index in [-0.39, 0.29) is 17.5 Å². The number of rotatable bonds is 6. The summed E-state index contributed by atoms with van der Waals surface area (Å²) in [6.07, 6.45) is 1.76. The van der Waals surface area contributed by atoms with E-state index in [1.807, 2.05) is 19.1 Å². The number of anilines is 2. The van der Waals surface area contributed by atoms with E-state index in [9.17, 15) is 17.2 Å². The first-order valence-corrected chi connectivity index (χ1v) is 13.9. The van der Waals surface area contributed by atoms with Crippen molar-refractivity contribution in [3.8, 4) is 0 Å². The summed E-state index contributed by atoms with van der Waals surface area (Å²) in [6, 6.07) is 7.02. The molecule has 192 valence electrons. The van der Waals surface area contributed by atoms with E-state index in [2.05, 4.69) is 15.1 Å². The van der Waals surface area contributed by atoms with Crippen molar-refractivity contribution < 1.29 is 21.9 Å². The number of nitrogens with one attached hydrogen (secondary N) is 1. The minimum absolute atomic E-state index is 0.152. The minimum atomic E-state index is -2.97. The molecule has 0 bridgehead atoms. The third-order valence-electron chi connectivity index (χ3n) is 6.62. The molecule has 1 aromatic heterocycles. The molecule has 1 unspecified atom stereocenters. The van der Waals surface area contributed by atoms with Crippen LogP contribution in [-0.2, 0) is 21.1 Å². The van der Waals surface area contributed by atoms with E-state index >= 15 is 0 Å². The van der Waals surface area contributed by atoms with Crippen LogP contribution in [0.15, 0.2) is 36.5 Å². The normalized spacial score (nSPS) is 19.4. The van der Waals surface area contributed by atoms with Crippen LogP contribution in [-0.4, -0.2) is 74.2 Å². The van der Waals surface area contributed by atoms with Gasteiger partial charge in [0.05, 0.1) is 48.0 Å². The molecular formula is C25H29F2N5O3S. The van der Waals surface area contributed by atoms with Gasteiger partial charge in [-0.15, -0.1) is 0 Å². The molecule has 3 aromatic rings. The lowest BCUT2D eigenvalue weighted by Crippen LogP contribution is -2.39. The van der Waals surface area contributed by atoms with Crippen LogP contribution in [0, 0.1) is 11.6 Å². The standard InChI is InChI=1S/C25H29F2N5O3S/c1-17(29-21-13-19(26)12-20(27)14-21)22-10-18(16-31-4-8-36(33,34)9-5-31)11-23-25(22)30-24(15-28-23)32-2-6-35-7-3-32/h10-15,17,29H,2-9,16H2,1H3. The van der Waals surface area contributed by atoms with Crippen LogP contribution in [0.1, 0.15) is 24.1 Å². The molecule has 2 saturated heterocycles.